The van der Waals surface area contributed by atoms with Crippen molar-refractivity contribution in [3.63, 3.8) is 0 Å². The van der Waals surface area contributed by atoms with Crippen molar-refractivity contribution in [2.75, 3.05) is 12.9 Å². The smallest absolute Gasteiger partial charge is 0.309 e. The Morgan fingerprint density at radius 3 is 2.78 bits per heavy atom. The van der Waals surface area contributed by atoms with E-state index in [-0.39, 0.29) is 22.5 Å². The third kappa shape index (κ3) is 4.03. The Balaban J connectivity index is 2.54. The van der Waals surface area contributed by atoms with Crippen molar-refractivity contribution in [1.29, 1.82) is 0 Å². The Morgan fingerprint density at radius 2 is 2.17 bits per heavy atom. The molecule has 0 N–H and O–H groups in total. The van der Waals surface area contributed by atoms with Gasteiger partial charge in [-0.15, -0.1) is 0 Å². The maximum atomic E-state index is 11.2. The lowest BCUT2D eigenvalue weighted by Crippen LogP contribution is -2.14. The highest BCUT2D eigenvalue weighted by molar-refractivity contribution is 7.98. The Bertz CT molecular complexity index is 436. The lowest BCUT2D eigenvalue weighted by molar-refractivity contribution is -0.385. The lowest BCUT2D eigenvalue weighted by Gasteiger charge is -2.08. The van der Waals surface area contributed by atoms with E-state index in [1.165, 1.54) is 24.9 Å². The van der Waals surface area contributed by atoms with Crippen LogP contribution in [0.1, 0.15) is 12.5 Å². The average molecular weight is 269 g/mol. The van der Waals surface area contributed by atoms with Crippen LogP contribution in [0.5, 0.6) is 0 Å². The fraction of sp³-hybridized carbons (Fsp3) is 0.417. The van der Waals surface area contributed by atoms with Gasteiger partial charge in [0.2, 0.25) is 0 Å². The van der Waals surface area contributed by atoms with Crippen LogP contribution in [0, 0.1) is 16.0 Å². The number of carbonyl (C=O) groups is 1. The highest BCUT2D eigenvalue weighted by atomic mass is 32.2. The fourth-order valence-corrected chi connectivity index (χ4v) is 2.50. The molecule has 1 atom stereocenters. The number of nitro groups is 1. The zero-order chi connectivity index (χ0) is 13.5. The molecule has 0 saturated carbocycles. The SMILES string of the molecule is COC(=O)C(C)CSCc1ccccc1[N+](=O)[O-]. The molecular weight excluding hydrogens is 254 g/mol. The Hall–Kier alpha value is -1.56. The predicted octanol–water partition coefficient (Wildman–Crippen LogP) is 2.64. The summed E-state index contributed by atoms with van der Waals surface area (Å²) in [5, 5.41) is 10.8. The highest BCUT2D eigenvalue weighted by Gasteiger charge is 2.15. The maximum absolute atomic E-state index is 11.2. The zero-order valence-corrected chi connectivity index (χ0v) is 11.1. The molecule has 1 unspecified atom stereocenters. The minimum Gasteiger partial charge on any atom is -0.469 e. The van der Waals surface area contributed by atoms with E-state index in [0.717, 1.165) is 0 Å². The summed E-state index contributed by atoms with van der Waals surface area (Å²) in [6, 6.07) is 6.63. The van der Waals surface area contributed by atoms with Gasteiger partial charge in [0.1, 0.15) is 0 Å². The number of para-hydroxylation sites is 1. The van der Waals surface area contributed by atoms with Gasteiger partial charge in [-0.25, -0.2) is 0 Å². The summed E-state index contributed by atoms with van der Waals surface area (Å²) >= 11 is 1.48. The molecule has 98 valence electrons. The number of methoxy groups -OCH3 is 1. The van der Waals surface area contributed by atoms with Gasteiger partial charge in [-0.1, -0.05) is 25.1 Å². The van der Waals surface area contributed by atoms with E-state index in [9.17, 15) is 14.9 Å². The molecule has 0 saturated heterocycles. The summed E-state index contributed by atoms with van der Waals surface area (Å²) in [6.45, 7) is 1.78. The molecule has 18 heavy (non-hydrogen) atoms. The van der Waals surface area contributed by atoms with E-state index in [0.29, 0.717) is 17.1 Å². The highest BCUT2D eigenvalue weighted by Crippen LogP contribution is 2.24. The van der Waals surface area contributed by atoms with Gasteiger partial charge < -0.3 is 4.74 Å². The van der Waals surface area contributed by atoms with Gasteiger partial charge in [-0.05, 0) is 0 Å². The molecule has 1 aromatic rings. The Morgan fingerprint density at radius 1 is 1.50 bits per heavy atom. The average Bonchev–Trinajstić information content (AvgIpc) is 2.38. The largest absolute Gasteiger partial charge is 0.469 e. The molecule has 1 rings (SSSR count). The van der Waals surface area contributed by atoms with Crippen LogP contribution < -0.4 is 0 Å². The molecule has 0 radical (unpaired) electrons. The van der Waals surface area contributed by atoms with Crippen molar-refractivity contribution in [1.82, 2.24) is 0 Å². The second kappa shape index (κ2) is 7.00. The normalized spacial score (nSPS) is 11.9. The first kappa shape index (κ1) is 14.5. The topological polar surface area (TPSA) is 69.4 Å². The minimum atomic E-state index is -0.389. The van der Waals surface area contributed by atoms with Gasteiger partial charge in [0.05, 0.1) is 18.0 Å². The van der Waals surface area contributed by atoms with E-state index in [1.807, 2.05) is 0 Å². The van der Waals surface area contributed by atoms with E-state index in [4.69, 9.17) is 0 Å². The third-order valence-corrected chi connectivity index (χ3v) is 3.67. The summed E-state index contributed by atoms with van der Waals surface area (Å²) in [5.41, 5.74) is 0.792. The van der Waals surface area contributed by atoms with Crippen molar-refractivity contribution in [3.05, 3.63) is 39.9 Å². The molecule has 0 fully saturated rings. The molecular formula is C12H15NO4S. The fourth-order valence-electron chi connectivity index (χ4n) is 1.43. The molecule has 0 bridgehead atoms. The summed E-state index contributed by atoms with van der Waals surface area (Å²) in [5.74, 6) is 0.629. The van der Waals surface area contributed by atoms with Gasteiger partial charge in [0.25, 0.3) is 5.69 Å². The first-order valence-electron chi connectivity index (χ1n) is 5.44. The molecule has 0 aliphatic rings. The number of hydrogen-bond donors (Lipinski definition) is 0. The molecule has 0 aliphatic carbocycles. The van der Waals surface area contributed by atoms with Crippen LogP contribution in [0.4, 0.5) is 5.69 Å². The van der Waals surface area contributed by atoms with Crippen LogP contribution in [0.3, 0.4) is 0 Å². The van der Waals surface area contributed by atoms with Crippen LogP contribution in [-0.2, 0) is 15.3 Å². The maximum Gasteiger partial charge on any atom is 0.309 e. The van der Waals surface area contributed by atoms with Gasteiger partial charge in [-0.3, -0.25) is 14.9 Å². The second-order valence-corrected chi connectivity index (χ2v) is 4.86. The van der Waals surface area contributed by atoms with E-state index in [1.54, 1.807) is 25.1 Å². The van der Waals surface area contributed by atoms with Gasteiger partial charge in [0, 0.05) is 23.1 Å². The van der Waals surface area contributed by atoms with Crippen LogP contribution in [0.2, 0.25) is 0 Å². The standard InChI is InChI=1S/C12H15NO4S/c1-9(12(14)17-2)7-18-8-10-5-3-4-6-11(10)13(15)16/h3-6,9H,7-8H2,1-2H3. The summed E-state index contributed by atoms with van der Waals surface area (Å²) < 4.78 is 4.62. The molecule has 1 aromatic carbocycles. The minimum absolute atomic E-state index is 0.121. The lowest BCUT2D eigenvalue weighted by atomic mass is 10.2. The summed E-state index contributed by atoms with van der Waals surface area (Å²) in [7, 11) is 1.35. The number of rotatable bonds is 6. The first-order valence-corrected chi connectivity index (χ1v) is 6.59. The number of esters is 1. The molecule has 0 aliphatic heterocycles. The Labute approximate surface area is 110 Å². The van der Waals surface area contributed by atoms with Crippen LogP contribution in [0.25, 0.3) is 0 Å². The van der Waals surface area contributed by atoms with Crippen molar-refractivity contribution >= 4 is 23.4 Å². The molecule has 0 amide bonds. The van der Waals surface area contributed by atoms with E-state index >= 15 is 0 Å². The van der Waals surface area contributed by atoms with E-state index < -0.39 is 0 Å². The van der Waals surface area contributed by atoms with Crippen molar-refractivity contribution in [2.45, 2.75) is 12.7 Å². The van der Waals surface area contributed by atoms with Gasteiger partial charge in [0.15, 0.2) is 0 Å². The zero-order valence-electron chi connectivity index (χ0n) is 10.3. The van der Waals surface area contributed by atoms with Crippen molar-refractivity contribution < 1.29 is 14.5 Å². The third-order valence-electron chi connectivity index (χ3n) is 2.42. The van der Waals surface area contributed by atoms with E-state index in [2.05, 4.69) is 4.74 Å². The van der Waals surface area contributed by atoms with Gasteiger partial charge >= 0.3 is 5.97 Å². The number of nitro benzene ring substituents is 1. The molecule has 5 nitrogen and oxygen atoms in total. The summed E-state index contributed by atoms with van der Waals surface area (Å²) in [4.78, 5) is 21.6. The molecule has 6 heteroatoms. The second-order valence-electron chi connectivity index (χ2n) is 3.83. The van der Waals surface area contributed by atoms with Crippen LogP contribution in [-0.4, -0.2) is 23.8 Å². The number of benzene rings is 1. The molecule has 0 spiro atoms. The van der Waals surface area contributed by atoms with Crippen LogP contribution in [0.15, 0.2) is 24.3 Å². The monoisotopic (exact) mass is 269 g/mol. The predicted molar refractivity (Wildman–Crippen MR) is 70.4 cm³/mol. The van der Waals surface area contributed by atoms with Crippen LogP contribution >= 0.6 is 11.8 Å². The number of hydrogen-bond acceptors (Lipinski definition) is 5. The number of thioether (sulfide) groups is 1. The number of nitrogens with zero attached hydrogens (tertiary/aromatic N) is 1. The number of carbonyl (C=O) groups excluding carboxylic acids is 1. The van der Waals surface area contributed by atoms with Crippen molar-refractivity contribution in [3.8, 4) is 0 Å². The molecule has 0 aromatic heterocycles. The van der Waals surface area contributed by atoms with Crippen molar-refractivity contribution in [2.24, 2.45) is 5.92 Å². The van der Waals surface area contributed by atoms with Gasteiger partial charge in [-0.2, -0.15) is 11.8 Å². The molecule has 0 heterocycles. The number of ether oxygens (including phenoxy) is 1. The quantitative estimate of drug-likeness (QED) is 0.451. The Kier molecular flexibility index (Phi) is 5.64. The first-order chi connectivity index (χ1) is 8.56. The summed E-state index contributed by atoms with van der Waals surface area (Å²) in [6.07, 6.45) is 0.